The number of aromatic nitrogens is 2. The topological polar surface area (TPSA) is 44.6 Å². The molecule has 1 atom stereocenters. The van der Waals surface area contributed by atoms with E-state index in [-0.39, 0.29) is 5.91 Å². The number of hydrogen-bond donors (Lipinski definition) is 0. The number of rotatable bonds is 7. The van der Waals surface area contributed by atoms with Gasteiger partial charge in [-0.15, -0.1) is 0 Å². The molecule has 1 aromatic heterocycles. The van der Waals surface area contributed by atoms with Crippen molar-refractivity contribution in [2.24, 2.45) is 0 Å². The highest BCUT2D eigenvalue weighted by molar-refractivity contribution is 5.95. The third kappa shape index (κ3) is 4.93. The van der Waals surface area contributed by atoms with Gasteiger partial charge in [0.1, 0.15) is 5.82 Å². The van der Waals surface area contributed by atoms with E-state index in [2.05, 4.69) is 34.7 Å². The van der Waals surface area contributed by atoms with Crippen molar-refractivity contribution >= 4 is 11.6 Å². The van der Waals surface area contributed by atoms with E-state index >= 15 is 0 Å². The van der Waals surface area contributed by atoms with E-state index in [1.807, 2.05) is 54.4 Å². The Bertz CT molecular complexity index is 783. The molecule has 0 radical (unpaired) electrons. The van der Waals surface area contributed by atoms with Crippen molar-refractivity contribution in [3.63, 3.8) is 0 Å². The van der Waals surface area contributed by atoms with E-state index in [0.717, 1.165) is 62.5 Å². The van der Waals surface area contributed by atoms with Crippen LogP contribution < -0.4 is 4.90 Å². The Kier molecular flexibility index (Phi) is 6.73. The van der Waals surface area contributed by atoms with Crippen molar-refractivity contribution in [1.29, 1.82) is 0 Å². The average Bonchev–Trinajstić information content (AvgIpc) is 3.16. The molecule has 6 heteroatoms. The minimum absolute atomic E-state index is 0.124. The molecule has 1 saturated heterocycles. The maximum Gasteiger partial charge on any atom is 0.253 e. The summed E-state index contributed by atoms with van der Waals surface area (Å²) < 4.78 is 2.27. The quantitative estimate of drug-likeness (QED) is 0.737. The molecule has 0 spiro atoms. The number of imidazole rings is 1. The third-order valence-electron chi connectivity index (χ3n) is 5.44. The lowest BCUT2D eigenvalue weighted by atomic mass is 9.96. The number of carbonyl (C=O) groups excluding carboxylic acids is 1. The summed E-state index contributed by atoms with van der Waals surface area (Å²) in [6.07, 6.45) is 7.18. The van der Waals surface area contributed by atoms with E-state index in [9.17, 15) is 4.79 Å². The molecule has 0 N–H and O–H groups in total. The van der Waals surface area contributed by atoms with Crippen molar-refractivity contribution < 1.29 is 4.79 Å². The number of hydrogen-bond acceptors (Lipinski definition) is 4. The highest BCUT2D eigenvalue weighted by atomic mass is 16.2. The normalized spacial score (nSPS) is 17.2. The molecular weight excluding hydrogens is 350 g/mol. The first-order valence-corrected chi connectivity index (χ1v) is 10.2. The first kappa shape index (κ1) is 20.4. The maximum atomic E-state index is 13.1. The lowest BCUT2D eigenvalue weighted by Gasteiger charge is -2.33. The first-order valence-electron chi connectivity index (χ1n) is 10.2. The summed E-state index contributed by atoms with van der Waals surface area (Å²) in [7, 11) is 8.20. The van der Waals surface area contributed by atoms with Crippen molar-refractivity contribution in [3.8, 4) is 0 Å². The van der Waals surface area contributed by atoms with E-state index in [4.69, 9.17) is 0 Å². The number of aryl methyl sites for hydroxylation is 1. The molecule has 3 rings (SSSR count). The van der Waals surface area contributed by atoms with Crippen molar-refractivity contribution in [3.05, 3.63) is 48.0 Å². The minimum atomic E-state index is 0.124. The zero-order chi connectivity index (χ0) is 20.1. The summed E-state index contributed by atoms with van der Waals surface area (Å²) >= 11 is 0. The Hall–Kier alpha value is -2.34. The van der Waals surface area contributed by atoms with Crippen LogP contribution in [0.25, 0.3) is 0 Å². The van der Waals surface area contributed by atoms with Crippen LogP contribution >= 0.6 is 0 Å². The Labute approximate surface area is 168 Å². The standard InChI is InChI=1S/C22H33N5O/c1-24(2)12-7-14-26-15-11-23-21(26)19-9-6-13-27(17-19)22(28)18-8-5-10-20(16-18)25(3)4/h5,8,10-11,15-16,19H,6-7,9,12-14,17H2,1-4H3/t19-/m1/s1. The number of benzene rings is 1. The molecule has 2 aromatic rings. The van der Waals surface area contributed by atoms with E-state index in [1.165, 1.54) is 0 Å². The van der Waals surface area contributed by atoms with Crippen LogP contribution in [0.2, 0.25) is 0 Å². The molecule has 0 aliphatic carbocycles. The molecule has 1 aromatic carbocycles. The van der Waals surface area contributed by atoms with Crippen LogP contribution in [-0.4, -0.2) is 73.1 Å². The van der Waals surface area contributed by atoms with Gasteiger partial charge in [0, 0.05) is 63.3 Å². The lowest BCUT2D eigenvalue weighted by molar-refractivity contribution is 0.0703. The van der Waals surface area contributed by atoms with Gasteiger partial charge in [0.05, 0.1) is 0 Å². The Balaban J connectivity index is 1.68. The van der Waals surface area contributed by atoms with E-state index in [1.54, 1.807) is 0 Å². The van der Waals surface area contributed by atoms with E-state index < -0.39 is 0 Å². The summed E-state index contributed by atoms with van der Waals surface area (Å²) in [5, 5.41) is 0. The fraction of sp³-hybridized carbons (Fsp3) is 0.545. The average molecular weight is 384 g/mol. The zero-order valence-corrected chi connectivity index (χ0v) is 17.6. The summed E-state index contributed by atoms with van der Waals surface area (Å²) in [6, 6.07) is 7.89. The smallest absolute Gasteiger partial charge is 0.253 e. The predicted octanol–water partition coefficient (Wildman–Crippen LogP) is 2.92. The number of nitrogens with zero attached hydrogens (tertiary/aromatic N) is 5. The number of carbonyl (C=O) groups is 1. The number of piperidine rings is 1. The summed E-state index contributed by atoms with van der Waals surface area (Å²) in [5.74, 6) is 1.56. The summed E-state index contributed by atoms with van der Waals surface area (Å²) in [4.78, 5) is 24.0. The molecule has 1 amide bonds. The predicted molar refractivity (Wildman–Crippen MR) is 114 cm³/mol. The molecule has 152 valence electrons. The van der Waals surface area contributed by atoms with Crippen LogP contribution in [0.15, 0.2) is 36.7 Å². The molecule has 0 saturated carbocycles. The summed E-state index contributed by atoms with van der Waals surface area (Å²) in [6.45, 7) is 3.61. The van der Waals surface area contributed by atoms with Gasteiger partial charge in [0.2, 0.25) is 0 Å². The third-order valence-corrected chi connectivity index (χ3v) is 5.44. The Morgan fingerprint density at radius 2 is 2.07 bits per heavy atom. The molecule has 28 heavy (non-hydrogen) atoms. The molecule has 1 fully saturated rings. The largest absolute Gasteiger partial charge is 0.378 e. The van der Waals surface area contributed by atoms with Crippen molar-refractivity contribution in [1.82, 2.24) is 19.4 Å². The molecule has 6 nitrogen and oxygen atoms in total. The fourth-order valence-electron chi connectivity index (χ4n) is 3.90. The van der Waals surface area contributed by atoms with Crippen LogP contribution in [0.5, 0.6) is 0 Å². The van der Waals surface area contributed by atoms with Gasteiger partial charge >= 0.3 is 0 Å². The number of anilines is 1. The second kappa shape index (κ2) is 9.24. The van der Waals surface area contributed by atoms with Crippen LogP contribution in [0, 0.1) is 0 Å². The highest BCUT2D eigenvalue weighted by Crippen LogP contribution is 2.27. The van der Waals surface area contributed by atoms with Crippen molar-refractivity contribution in [2.75, 3.05) is 52.7 Å². The maximum absolute atomic E-state index is 13.1. The van der Waals surface area contributed by atoms with Gasteiger partial charge in [-0.1, -0.05) is 6.07 Å². The van der Waals surface area contributed by atoms with Gasteiger partial charge in [0.25, 0.3) is 5.91 Å². The molecule has 2 heterocycles. The fourth-order valence-corrected chi connectivity index (χ4v) is 3.90. The second-order valence-corrected chi connectivity index (χ2v) is 8.17. The second-order valence-electron chi connectivity index (χ2n) is 8.17. The Morgan fingerprint density at radius 3 is 2.82 bits per heavy atom. The van der Waals surface area contributed by atoms with Crippen molar-refractivity contribution in [2.45, 2.75) is 31.7 Å². The monoisotopic (exact) mass is 383 g/mol. The lowest BCUT2D eigenvalue weighted by Crippen LogP contribution is -2.39. The van der Waals surface area contributed by atoms with Gasteiger partial charge in [-0.2, -0.15) is 0 Å². The molecule has 1 aliphatic heterocycles. The minimum Gasteiger partial charge on any atom is -0.378 e. The Morgan fingerprint density at radius 1 is 1.25 bits per heavy atom. The highest BCUT2D eigenvalue weighted by Gasteiger charge is 2.28. The van der Waals surface area contributed by atoms with Gasteiger partial charge in [0.15, 0.2) is 0 Å². The van der Waals surface area contributed by atoms with Gasteiger partial charge < -0.3 is 19.3 Å². The summed E-state index contributed by atoms with van der Waals surface area (Å²) in [5.41, 5.74) is 1.82. The molecule has 0 bridgehead atoms. The number of amides is 1. The van der Waals surface area contributed by atoms with Crippen LogP contribution in [0.4, 0.5) is 5.69 Å². The number of likely N-dealkylation sites (tertiary alicyclic amines) is 1. The molecule has 1 aliphatic rings. The van der Waals surface area contributed by atoms with Gasteiger partial charge in [-0.25, -0.2) is 4.98 Å². The molecule has 0 unspecified atom stereocenters. The van der Waals surface area contributed by atoms with Gasteiger partial charge in [-0.3, -0.25) is 4.79 Å². The van der Waals surface area contributed by atoms with Crippen LogP contribution in [0.1, 0.15) is 41.4 Å². The van der Waals surface area contributed by atoms with Crippen LogP contribution in [0.3, 0.4) is 0 Å². The van der Waals surface area contributed by atoms with Crippen LogP contribution in [-0.2, 0) is 6.54 Å². The first-order chi connectivity index (χ1) is 13.5. The SMILES string of the molecule is CN(C)CCCn1ccnc1[C@@H]1CCCN(C(=O)c2cccc(N(C)C)c2)C1. The molecular formula is C22H33N5O. The van der Waals surface area contributed by atoms with Gasteiger partial charge in [-0.05, 0) is 58.1 Å². The van der Waals surface area contributed by atoms with E-state index in [0.29, 0.717) is 5.92 Å². The zero-order valence-electron chi connectivity index (χ0n) is 17.6.